The smallest absolute Gasteiger partial charge is 0.340 e. The molecule has 1 heterocycles. The summed E-state index contributed by atoms with van der Waals surface area (Å²) in [7, 11) is 3.27. The fourth-order valence-electron chi connectivity index (χ4n) is 1.97. The Morgan fingerprint density at radius 3 is 2.84 bits per heavy atom. The van der Waals surface area contributed by atoms with E-state index >= 15 is 0 Å². The molecule has 0 radical (unpaired) electrons. The summed E-state index contributed by atoms with van der Waals surface area (Å²) in [6, 6.07) is 5.74. The molecule has 0 amide bonds. The van der Waals surface area contributed by atoms with Crippen molar-refractivity contribution >= 4 is 22.6 Å². The van der Waals surface area contributed by atoms with Crippen LogP contribution in [0.25, 0.3) is 10.9 Å². The molecule has 98 valence electrons. The summed E-state index contributed by atoms with van der Waals surface area (Å²) < 4.78 is 6.67. The van der Waals surface area contributed by atoms with Crippen LogP contribution in [0.1, 0.15) is 10.4 Å². The minimum Gasteiger partial charge on any atom is -0.465 e. The van der Waals surface area contributed by atoms with Gasteiger partial charge in [0.2, 0.25) is 0 Å². The van der Waals surface area contributed by atoms with Gasteiger partial charge in [0, 0.05) is 30.0 Å². The van der Waals surface area contributed by atoms with Crippen molar-refractivity contribution in [2.45, 2.75) is 0 Å². The van der Waals surface area contributed by atoms with Gasteiger partial charge in [-0.2, -0.15) is 0 Å². The number of rotatable bonds is 4. The number of ether oxygens (including phenoxy) is 1. The fraction of sp³-hybridized carbons (Fsp3) is 0.133. The third-order valence-corrected chi connectivity index (χ3v) is 2.95. The molecule has 0 aliphatic carbocycles. The molecule has 1 N–H and O–H groups in total. The third-order valence-electron chi connectivity index (χ3n) is 2.95. The number of anilines is 1. The number of carbonyl (C=O) groups excluding carboxylic acids is 1. The van der Waals surface area contributed by atoms with E-state index in [2.05, 4.69) is 18.5 Å². The van der Waals surface area contributed by atoms with Crippen LogP contribution in [-0.2, 0) is 11.8 Å². The molecule has 2 rings (SSSR count). The molecular formula is C15H16N2O2. The van der Waals surface area contributed by atoms with Gasteiger partial charge in [-0.25, -0.2) is 4.79 Å². The van der Waals surface area contributed by atoms with Crippen molar-refractivity contribution in [3.8, 4) is 0 Å². The Morgan fingerprint density at radius 2 is 2.21 bits per heavy atom. The highest BCUT2D eigenvalue weighted by atomic mass is 16.5. The summed E-state index contributed by atoms with van der Waals surface area (Å²) in [5, 5.41) is 3.99. The highest BCUT2D eigenvalue weighted by molar-refractivity contribution is 6.05. The second-order valence-electron chi connectivity index (χ2n) is 4.23. The third kappa shape index (κ3) is 2.38. The lowest BCUT2D eigenvalue weighted by molar-refractivity contribution is 0.0603. The van der Waals surface area contributed by atoms with E-state index in [9.17, 15) is 4.79 Å². The van der Waals surface area contributed by atoms with Crippen LogP contribution in [0.5, 0.6) is 0 Å². The number of aryl methyl sites for hydroxylation is 1. The van der Waals surface area contributed by atoms with Crippen LogP contribution in [-0.4, -0.2) is 17.6 Å². The molecule has 0 atom stereocenters. The monoisotopic (exact) mass is 256 g/mol. The van der Waals surface area contributed by atoms with Crippen molar-refractivity contribution in [3.05, 3.63) is 54.9 Å². The summed E-state index contributed by atoms with van der Waals surface area (Å²) in [6.07, 6.45) is 3.41. The van der Waals surface area contributed by atoms with Crippen molar-refractivity contribution in [3.63, 3.8) is 0 Å². The van der Waals surface area contributed by atoms with Gasteiger partial charge in [-0.05, 0) is 24.3 Å². The van der Waals surface area contributed by atoms with E-state index in [0.29, 0.717) is 5.56 Å². The van der Waals surface area contributed by atoms with E-state index in [1.807, 2.05) is 29.8 Å². The predicted molar refractivity (Wildman–Crippen MR) is 77.2 cm³/mol. The zero-order valence-corrected chi connectivity index (χ0v) is 11.1. The Labute approximate surface area is 112 Å². The minimum absolute atomic E-state index is 0.332. The molecule has 0 fully saturated rings. The molecule has 0 saturated carbocycles. The van der Waals surface area contributed by atoms with Gasteiger partial charge < -0.3 is 14.6 Å². The molecule has 4 nitrogen and oxygen atoms in total. The standard InChI is InChI=1S/C15H16N2O2/c1-5-10(2)16-11-6-7-12-13(15(18)19-4)9-17(3)14(12)8-11/h5-9,16H,1-2H2,3-4H3. The van der Waals surface area contributed by atoms with Crippen molar-refractivity contribution in [2.75, 3.05) is 12.4 Å². The second kappa shape index (κ2) is 5.02. The first-order chi connectivity index (χ1) is 9.06. The maximum atomic E-state index is 11.7. The summed E-state index contributed by atoms with van der Waals surface area (Å²) in [5.41, 5.74) is 3.13. The van der Waals surface area contributed by atoms with Crippen LogP contribution < -0.4 is 5.32 Å². The average Bonchev–Trinajstić information content (AvgIpc) is 2.75. The van der Waals surface area contributed by atoms with E-state index in [4.69, 9.17) is 4.74 Å². The molecule has 1 aromatic heterocycles. The van der Waals surface area contributed by atoms with Crippen molar-refractivity contribution < 1.29 is 9.53 Å². The van der Waals surface area contributed by atoms with Gasteiger partial charge >= 0.3 is 5.97 Å². The van der Waals surface area contributed by atoms with Gasteiger partial charge in [0.25, 0.3) is 0 Å². The van der Waals surface area contributed by atoms with E-state index in [-0.39, 0.29) is 5.97 Å². The number of hydrogen-bond donors (Lipinski definition) is 1. The fourth-order valence-corrected chi connectivity index (χ4v) is 1.97. The number of benzene rings is 1. The van der Waals surface area contributed by atoms with Crippen LogP contribution in [0.3, 0.4) is 0 Å². The largest absolute Gasteiger partial charge is 0.465 e. The molecule has 0 aliphatic rings. The first kappa shape index (κ1) is 13.0. The molecule has 4 heteroatoms. The highest BCUT2D eigenvalue weighted by Crippen LogP contribution is 2.25. The number of methoxy groups -OCH3 is 1. The number of nitrogens with zero attached hydrogens (tertiary/aromatic N) is 1. The number of allylic oxidation sites excluding steroid dienone is 1. The Balaban J connectivity index is 2.50. The van der Waals surface area contributed by atoms with E-state index in [1.54, 1.807) is 12.3 Å². The summed E-state index contributed by atoms with van der Waals surface area (Å²) in [4.78, 5) is 11.7. The predicted octanol–water partition coefficient (Wildman–Crippen LogP) is 3.08. The lowest BCUT2D eigenvalue weighted by Crippen LogP contribution is -1.99. The Bertz CT molecular complexity index is 668. The Hall–Kier alpha value is -2.49. The van der Waals surface area contributed by atoms with Crippen LogP contribution >= 0.6 is 0 Å². The maximum absolute atomic E-state index is 11.7. The van der Waals surface area contributed by atoms with Crippen molar-refractivity contribution in [2.24, 2.45) is 7.05 Å². The summed E-state index contributed by atoms with van der Waals surface area (Å²) in [5.74, 6) is -0.332. The van der Waals surface area contributed by atoms with Crippen molar-refractivity contribution in [1.82, 2.24) is 4.57 Å². The quantitative estimate of drug-likeness (QED) is 0.675. The number of esters is 1. The number of nitrogens with one attached hydrogen (secondary N) is 1. The number of aromatic nitrogens is 1. The number of carbonyl (C=O) groups is 1. The normalized spacial score (nSPS) is 10.2. The Kier molecular flexibility index (Phi) is 3.42. The highest BCUT2D eigenvalue weighted by Gasteiger charge is 2.14. The second-order valence-corrected chi connectivity index (χ2v) is 4.23. The first-order valence-electron chi connectivity index (χ1n) is 5.82. The van der Waals surface area contributed by atoms with E-state index in [1.165, 1.54) is 7.11 Å². The zero-order valence-electron chi connectivity index (χ0n) is 11.1. The molecule has 0 unspecified atom stereocenters. The van der Waals surface area contributed by atoms with E-state index < -0.39 is 0 Å². The van der Waals surface area contributed by atoms with Crippen LogP contribution in [0.2, 0.25) is 0 Å². The average molecular weight is 256 g/mol. The number of hydrogen-bond acceptors (Lipinski definition) is 3. The SMILES string of the molecule is C=CC(=C)Nc1ccc2c(C(=O)OC)cn(C)c2c1. The maximum Gasteiger partial charge on any atom is 0.340 e. The lowest BCUT2D eigenvalue weighted by atomic mass is 10.1. The van der Waals surface area contributed by atoms with Crippen molar-refractivity contribution in [1.29, 1.82) is 0 Å². The van der Waals surface area contributed by atoms with E-state index in [0.717, 1.165) is 22.3 Å². The molecular weight excluding hydrogens is 240 g/mol. The molecule has 0 aliphatic heterocycles. The topological polar surface area (TPSA) is 43.3 Å². The lowest BCUT2D eigenvalue weighted by Gasteiger charge is -2.06. The van der Waals surface area contributed by atoms with Gasteiger partial charge in [0.1, 0.15) is 0 Å². The summed E-state index contributed by atoms with van der Waals surface area (Å²) in [6.45, 7) is 7.45. The van der Waals surface area contributed by atoms with Crippen LogP contribution in [0, 0.1) is 0 Å². The molecule has 0 spiro atoms. The molecule has 0 bridgehead atoms. The molecule has 1 aromatic carbocycles. The summed E-state index contributed by atoms with van der Waals surface area (Å²) >= 11 is 0. The molecule has 19 heavy (non-hydrogen) atoms. The van der Waals surface area contributed by atoms with Gasteiger partial charge in [-0.3, -0.25) is 0 Å². The van der Waals surface area contributed by atoms with Gasteiger partial charge in [0.15, 0.2) is 0 Å². The minimum atomic E-state index is -0.332. The van der Waals surface area contributed by atoms with Crippen LogP contribution in [0.4, 0.5) is 5.69 Å². The number of fused-ring (bicyclic) bond motifs is 1. The Morgan fingerprint density at radius 1 is 1.47 bits per heavy atom. The molecule has 0 saturated heterocycles. The van der Waals surface area contributed by atoms with Gasteiger partial charge in [-0.15, -0.1) is 0 Å². The first-order valence-corrected chi connectivity index (χ1v) is 5.82. The zero-order chi connectivity index (χ0) is 14.0. The van der Waals surface area contributed by atoms with Crippen LogP contribution in [0.15, 0.2) is 49.3 Å². The van der Waals surface area contributed by atoms with Gasteiger partial charge in [-0.1, -0.05) is 13.2 Å². The molecule has 2 aromatic rings. The van der Waals surface area contributed by atoms with Gasteiger partial charge in [0.05, 0.1) is 18.2 Å².